The van der Waals surface area contributed by atoms with Crippen molar-refractivity contribution in [2.24, 2.45) is 0 Å². The van der Waals surface area contributed by atoms with Crippen LogP contribution >= 0.6 is 0 Å². The molecule has 3 rings (SSSR count). The molecule has 0 aliphatic carbocycles. The van der Waals surface area contributed by atoms with Gasteiger partial charge in [0.05, 0.1) is 22.3 Å². The number of nitrogens with zero attached hydrogens (tertiary/aromatic N) is 1. The van der Waals surface area contributed by atoms with Crippen LogP contribution in [0.2, 0.25) is 0 Å². The van der Waals surface area contributed by atoms with Gasteiger partial charge in [-0.15, -0.1) is 0 Å². The second-order valence-electron chi connectivity index (χ2n) is 6.75. The van der Waals surface area contributed by atoms with Gasteiger partial charge in [0, 0.05) is 11.9 Å². The van der Waals surface area contributed by atoms with Crippen molar-refractivity contribution in [3.8, 4) is 0 Å². The molecule has 0 saturated carbocycles. The zero-order chi connectivity index (χ0) is 21.2. The maximum Gasteiger partial charge on any atom is 0.262 e. The molecule has 1 heterocycles. The van der Waals surface area contributed by atoms with E-state index in [1.807, 2.05) is 6.92 Å². The van der Waals surface area contributed by atoms with Crippen LogP contribution in [-0.4, -0.2) is 19.3 Å². The lowest BCUT2D eigenvalue weighted by atomic mass is 10.2. The number of aromatic nitrogens is 1. The average Bonchev–Trinajstić information content (AvgIpc) is 2.63. The number of aryl methyl sites for hydroxylation is 3. The monoisotopic (exact) mass is 413 g/mol. The molecular weight excluding hydrogens is 393 g/mol. The minimum Gasteiger partial charge on any atom is -0.322 e. The Morgan fingerprint density at radius 2 is 1.72 bits per heavy atom. The first-order valence-corrected chi connectivity index (χ1v) is 10.3. The van der Waals surface area contributed by atoms with Crippen molar-refractivity contribution in [1.82, 2.24) is 4.98 Å². The summed E-state index contributed by atoms with van der Waals surface area (Å²) in [5, 5.41) is 2.67. The number of hydrogen-bond acceptors (Lipinski definition) is 4. The summed E-state index contributed by atoms with van der Waals surface area (Å²) in [6.07, 6.45) is 2.64. The zero-order valence-electron chi connectivity index (χ0n) is 16.2. The highest BCUT2D eigenvalue weighted by molar-refractivity contribution is 7.92. The fourth-order valence-electron chi connectivity index (χ4n) is 2.89. The number of sulfonamides is 1. The number of rotatable bonds is 5. The minimum atomic E-state index is -3.84. The molecule has 0 radical (unpaired) electrons. The van der Waals surface area contributed by atoms with Gasteiger partial charge in [-0.2, -0.15) is 0 Å². The maximum absolute atomic E-state index is 13.2. The van der Waals surface area contributed by atoms with Gasteiger partial charge in [-0.3, -0.25) is 14.5 Å². The van der Waals surface area contributed by atoms with Gasteiger partial charge in [-0.25, -0.2) is 12.8 Å². The summed E-state index contributed by atoms with van der Waals surface area (Å²) in [5.41, 5.74) is 2.92. The second kappa shape index (κ2) is 8.00. The molecule has 1 aromatic heterocycles. The Hall–Kier alpha value is -3.26. The fourth-order valence-corrected chi connectivity index (χ4v) is 4.15. The van der Waals surface area contributed by atoms with Gasteiger partial charge < -0.3 is 5.32 Å². The molecule has 0 aliphatic heterocycles. The van der Waals surface area contributed by atoms with Gasteiger partial charge in [0.1, 0.15) is 5.82 Å². The molecule has 0 unspecified atom stereocenters. The number of amides is 1. The molecular formula is C21H20FN3O3S. The summed E-state index contributed by atoms with van der Waals surface area (Å²) >= 11 is 0. The lowest BCUT2D eigenvalue weighted by Crippen LogP contribution is -2.16. The van der Waals surface area contributed by atoms with Crippen LogP contribution in [0.1, 0.15) is 27.0 Å². The minimum absolute atomic E-state index is 0.153. The van der Waals surface area contributed by atoms with Crippen LogP contribution in [-0.2, 0) is 10.0 Å². The van der Waals surface area contributed by atoms with Crippen molar-refractivity contribution in [2.75, 3.05) is 10.0 Å². The van der Waals surface area contributed by atoms with Crippen LogP contribution in [0, 0.1) is 26.6 Å². The first-order valence-electron chi connectivity index (χ1n) is 8.78. The quantitative estimate of drug-likeness (QED) is 0.656. The van der Waals surface area contributed by atoms with Crippen molar-refractivity contribution in [2.45, 2.75) is 25.7 Å². The Morgan fingerprint density at radius 3 is 2.41 bits per heavy atom. The van der Waals surface area contributed by atoms with E-state index in [1.54, 1.807) is 26.0 Å². The van der Waals surface area contributed by atoms with Crippen molar-refractivity contribution in [3.05, 3.63) is 82.9 Å². The highest BCUT2D eigenvalue weighted by Gasteiger charge is 2.18. The topological polar surface area (TPSA) is 88.2 Å². The summed E-state index contributed by atoms with van der Waals surface area (Å²) in [6, 6.07) is 10.4. The Morgan fingerprint density at radius 1 is 0.966 bits per heavy atom. The number of anilines is 2. The fraction of sp³-hybridized carbons (Fsp3) is 0.143. The molecule has 0 saturated heterocycles. The molecule has 6 nitrogen and oxygen atoms in total. The predicted octanol–water partition coefficient (Wildman–Crippen LogP) is 4.20. The van der Waals surface area contributed by atoms with Crippen LogP contribution in [0.3, 0.4) is 0 Å². The number of nitrogens with one attached hydrogen (secondary N) is 2. The van der Waals surface area contributed by atoms with Crippen LogP contribution in [0.5, 0.6) is 0 Å². The highest BCUT2D eigenvalue weighted by atomic mass is 32.2. The van der Waals surface area contributed by atoms with Crippen molar-refractivity contribution in [1.29, 1.82) is 0 Å². The van der Waals surface area contributed by atoms with E-state index in [2.05, 4.69) is 15.0 Å². The first-order chi connectivity index (χ1) is 13.7. The van der Waals surface area contributed by atoms with E-state index in [0.717, 1.165) is 5.56 Å². The normalized spacial score (nSPS) is 11.2. The molecule has 0 aliphatic rings. The van der Waals surface area contributed by atoms with E-state index >= 15 is 0 Å². The average molecular weight is 413 g/mol. The summed E-state index contributed by atoms with van der Waals surface area (Å²) in [7, 11) is -3.84. The standard InChI is InChI=1S/C21H20FN3O3S/c1-13-4-7-20(15(3)8-13)29(27,28)25-18-10-16(11-23-12-18)21(26)24-19-6-5-17(22)9-14(19)2/h4-12,25H,1-3H3,(H,24,26). The summed E-state index contributed by atoms with van der Waals surface area (Å²) in [4.78, 5) is 16.6. The Labute approximate surface area is 168 Å². The third-order valence-corrected chi connectivity index (χ3v) is 5.85. The number of benzene rings is 2. The molecule has 0 fully saturated rings. The van der Waals surface area contributed by atoms with E-state index in [0.29, 0.717) is 16.8 Å². The zero-order valence-corrected chi connectivity index (χ0v) is 17.0. The van der Waals surface area contributed by atoms with Crippen molar-refractivity contribution in [3.63, 3.8) is 0 Å². The molecule has 0 bridgehead atoms. The Bertz CT molecular complexity index is 1190. The highest BCUT2D eigenvalue weighted by Crippen LogP contribution is 2.21. The van der Waals surface area contributed by atoms with Gasteiger partial charge in [-0.1, -0.05) is 17.7 Å². The van der Waals surface area contributed by atoms with Gasteiger partial charge >= 0.3 is 0 Å². The summed E-state index contributed by atoms with van der Waals surface area (Å²) in [6.45, 7) is 5.27. The molecule has 0 spiro atoms. The molecule has 2 N–H and O–H groups in total. The predicted molar refractivity (Wildman–Crippen MR) is 110 cm³/mol. The number of hydrogen-bond donors (Lipinski definition) is 2. The number of halogens is 1. The summed E-state index contributed by atoms with van der Waals surface area (Å²) < 4.78 is 41.1. The van der Waals surface area contributed by atoms with Gasteiger partial charge in [0.2, 0.25) is 0 Å². The molecule has 1 amide bonds. The van der Waals surface area contributed by atoms with Crippen LogP contribution in [0.4, 0.5) is 15.8 Å². The number of carbonyl (C=O) groups is 1. The molecule has 8 heteroatoms. The Balaban J connectivity index is 1.82. The van der Waals surface area contributed by atoms with E-state index < -0.39 is 21.7 Å². The van der Waals surface area contributed by atoms with E-state index in [-0.39, 0.29) is 16.1 Å². The molecule has 29 heavy (non-hydrogen) atoms. The smallest absolute Gasteiger partial charge is 0.262 e. The van der Waals surface area contributed by atoms with E-state index in [1.165, 1.54) is 42.7 Å². The SMILES string of the molecule is Cc1ccc(S(=O)(=O)Nc2cncc(C(=O)Nc3ccc(F)cc3C)c2)c(C)c1. The van der Waals surface area contributed by atoms with Crippen molar-refractivity contribution < 1.29 is 17.6 Å². The number of pyridine rings is 1. The van der Waals surface area contributed by atoms with E-state index in [9.17, 15) is 17.6 Å². The van der Waals surface area contributed by atoms with Gasteiger partial charge in [0.15, 0.2) is 0 Å². The van der Waals surface area contributed by atoms with Gasteiger partial charge in [-0.05, 0) is 62.2 Å². The molecule has 2 aromatic carbocycles. The third-order valence-electron chi connectivity index (χ3n) is 4.31. The van der Waals surface area contributed by atoms with Gasteiger partial charge in [0.25, 0.3) is 15.9 Å². The molecule has 3 aromatic rings. The largest absolute Gasteiger partial charge is 0.322 e. The first kappa shape index (κ1) is 20.5. The van der Waals surface area contributed by atoms with Crippen LogP contribution in [0.25, 0.3) is 0 Å². The van der Waals surface area contributed by atoms with E-state index in [4.69, 9.17) is 0 Å². The number of carbonyl (C=O) groups excluding carboxylic acids is 1. The summed E-state index contributed by atoms with van der Waals surface area (Å²) in [5.74, 6) is -0.884. The molecule has 0 atom stereocenters. The third kappa shape index (κ3) is 4.78. The maximum atomic E-state index is 13.2. The Kier molecular flexibility index (Phi) is 5.65. The lowest BCUT2D eigenvalue weighted by Gasteiger charge is -2.12. The molecule has 150 valence electrons. The lowest BCUT2D eigenvalue weighted by molar-refractivity contribution is 0.102. The van der Waals surface area contributed by atoms with Crippen molar-refractivity contribution >= 4 is 27.3 Å². The second-order valence-corrected chi connectivity index (χ2v) is 8.40. The van der Waals surface area contributed by atoms with Crippen LogP contribution < -0.4 is 10.0 Å². The van der Waals surface area contributed by atoms with Crippen LogP contribution in [0.15, 0.2) is 59.8 Å².